The maximum absolute atomic E-state index is 12.2. The van der Waals surface area contributed by atoms with E-state index in [0.29, 0.717) is 31.0 Å². The molecule has 1 aromatic carbocycles. The highest BCUT2D eigenvalue weighted by molar-refractivity contribution is 7.89. The summed E-state index contributed by atoms with van der Waals surface area (Å²) in [4.78, 5) is 20.3. The quantitative estimate of drug-likeness (QED) is 0.569. The van der Waals surface area contributed by atoms with E-state index in [9.17, 15) is 13.2 Å². The zero-order valence-electron chi connectivity index (χ0n) is 14.8. The molecule has 0 spiro atoms. The average Bonchev–Trinajstić information content (AvgIpc) is 2.65. The van der Waals surface area contributed by atoms with Gasteiger partial charge in [-0.2, -0.15) is 0 Å². The molecule has 3 N–H and O–H groups in total. The van der Waals surface area contributed by atoms with Crippen molar-refractivity contribution in [1.29, 1.82) is 0 Å². The molecule has 1 aromatic heterocycles. The number of benzene rings is 1. The number of rotatable bonds is 9. The molecule has 0 saturated carbocycles. The first-order chi connectivity index (χ1) is 12.4. The van der Waals surface area contributed by atoms with Crippen LogP contribution in [0.4, 0.5) is 5.95 Å². The summed E-state index contributed by atoms with van der Waals surface area (Å²) in [6, 6.07) is 7.41. The van der Waals surface area contributed by atoms with Crippen LogP contribution < -0.4 is 15.4 Å². The standard InChI is InChI=1S/C17H23N5O3S/c1-3-13(2)22-26(24,25)15-7-5-14(6-8-15)16(23)18-11-12-21-17-19-9-4-10-20-17/h4-10,13,22H,3,11-12H2,1-2H3,(H,18,23)(H,19,20,21). The summed E-state index contributed by atoms with van der Waals surface area (Å²) in [5.74, 6) is 0.213. The lowest BCUT2D eigenvalue weighted by Gasteiger charge is -2.12. The van der Waals surface area contributed by atoms with Gasteiger partial charge in [0, 0.05) is 37.1 Å². The number of hydrogen-bond donors (Lipinski definition) is 3. The van der Waals surface area contributed by atoms with Gasteiger partial charge in [-0.25, -0.2) is 23.1 Å². The number of anilines is 1. The van der Waals surface area contributed by atoms with Crippen LogP contribution in [0.3, 0.4) is 0 Å². The second-order valence-electron chi connectivity index (χ2n) is 5.71. The van der Waals surface area contributed by atoms with Gasteiger partial charge in [-0.05, 0) is 43.7 Å². The molecule has 1 unspecified atom stereocenters. The molecule has 0 radical (unpaired) electrons. The van der Waals surface area contributed by atoms with Crippen molar-refractivity contribution in [2.75, 3.05) is 18.4 Å². The van der Waals surface area contributed by atoms with Crippen LogP contribution in [0.5, 0.6) is 0 Å². The molecule has 0 aliphatic heterocycles. The van der Waals surface area contributed by atoms with E-state index in [1.807, 2.05) is 6.92 Å². The van der Waals surface area contributed by atoms with Crippen molar-refractivity contribution in [3.63, 3.8) is 0 Å². The van der Waals surface area contributed by atoms with Crippen molar-refractivity contribution < 1.29 is 13.2 Å². The van der Waals surface area contributed by atoms with Gasteiger partial charge in [0.2, 0.25) is 16.0 Å². The lowest BCUT2D eigenvalue weighted by molar-refractivity contribution is 0.0955. The van der Waals surface area contributed by atoms with Crippen molar-refractivity contribution >= 4 is 21.9 Å². The average molecular weight is 377 g/mol. The fourth-order valence-electron chi connectivity index (χ4n) is 2.04. The molecule has 8 nitrogen and oxygen atoms in total. The van der Waals surface area contributed by atoms with Gasteiger partial charge < -0.3 is 10.6 Å². The third kappa shape index (κ3) is 5.78. The Morgan fingerprint density at radius 1 is 1.12 bits per heavy atom. The van der Waals surface area contributed by atoms with E-state index in [2.05, 4.69) is 25.3 Å². The Bertz CT molecular complexity index is 810. The molecule has 140 valence electrons. The van der Waals surface area contributed by atoms with Crippen LogP contribution in [-0.4, -0.2) is 43.4 Å². The van der Waals surface area contributed by atoms with Gasteiger partial charge >= 0.3 is 0 Å². The predicted molar refractivity (Wildman–Crippen MR) is 99.4 cm³/mol. The fraction of sp³-hybridized carbons (Fsp3) is 0.353. The zero-order valence-corrected chi connectivity index (χ0v) is 15.6. The maximum atomic E-state index is 12.2. The topological polar surface area (TPSA) is 113 Å². The van der Waals surface area contributed by atoms with Crippen molar-refractivity contribution in [3.8, 4) is 0 Å². The molecule has 1 amide bonds. The lowest BCUT2D eigenvalue weighted by atomic mass is 10.2. The van der Waals surface area contributed by atoms with Crippen molar-refractivity contribution in [2.24, 2.45) is 0 Å². The molecule has 0 aliphatic carbocycles. The Morgan fingerprint density at radius 3 is 2.38 bits per heavy atom. The second kappa shape index (κ2) is 9.25. The van der Waals surface area contributed by atoms with Crippen molar-refractivity contribution in [3.05, 3.63) is 48.3 Å². The molecule has 2 aromatic rings. The van der Waals surface area contributed by atoms with Crippen LogP contribution in [0.2, 0.25) is 0 Å². The number of hydrogen-bond acceptors (Lipinski definition) is 6. The van der Waals surface area contributed by atoms with E-state index >= 15 is 0 Å². The SMILES string of the molecule is CCC(C)NS(=O)(=O)c1ccc(C(=O)NCCNc2ncccn2)cc1. The highest BCUT2D eigenvalue weighted by Crippen LogP contribution is 2.11. The summed E-state index contributed by atoms with van der Waals surface area (Å²) in [6.45, 7) is 4.56. The predicted octanol–water partition coefficient (Wildman–Crippen LogP) is 1.40. The van der Waals surface area contributed by atoms with Gasteiger partial charge in [0.15, 0.2) is 0 Å². The van der Waals surface area contributed by atoms with E-state index in [1.165, 1.54) is 24.3 Å². The van der Waals surface area contributed by atoms with Gasteiger partial charge in [0.1, 0.15) is 0 Å². The lowest BCUT2D eigenvalue weighted by Crippen LogP contribution is -2.32. The maximum Gasteiger partial charge on any atom is 0.251 e. The van der Waals surface area contributed by atoms with Crippen LogP contribution in [0.15, 0.2) is 47.6 Å². The van der Waals surface area contributed by atoms with Crippen LogP contribution >= 0.6 is 0 Å². The van der Waals surface area contributed by atoms with Gasteiger partial charge in [0.25, 0.3) is 5.91 Å². The minimum atomic E-state index is -3.57. The van der Waals surface area contributed by atoms with Crippen LogP contribution in [-0.2, 0) is 10.0 Å². The molecule has 26 heavy (non-hydrogen) atoms. The normalized spacial score (nSPS) is 12.4. The van der Waals surface area contributed by atoms with E-state index in [4.69, 9.17) is 0 Å². The molecule has 1 heterocycles. The minimum absolute atomic E-state index is 0.136. The largest absolute Gasteiger partial charge is 0.352 e. The van der Waals surface area contributed by atoms with E-state index in [0.717, 1.165) is 0 Å². The number of amides is 1. The van der Waals surface area contributed by atoms with Gasteiger partial charge in [0.05, 0.1) is 4.90 Å². The highest BCUT2D eigenvalue weighted by atomic mass is 32.2. The zero-order chi connectivity index (χ0) is 19.0. The molecule has 2 rings (SSSR count). The molecule has 0 bridgehead atoms. The molecule has 9 heteroatoms. The number of carbonyl (C=O) groups excluding carboxylic acids is 1. The van der Waals surface area contributed by atoms with Crippen LogP contribution in [0.1, 0.15) is 30.6 Å². The van der Waals surface area contributed by atoms with Crippen LogP contribution in [0.25, 0.3) is 0 Å². The summed E-state index contributed by atoms with van der Waals surface area (Å²) in [5.41, 5.74) is 0.392. The fourth-order valence-corrected chi connectivity index (χ4v) is 3.37. The summed E-state index contributed by atoms with van der Waals surface area (Å²) in [7, 11) is -3.57. The molecule has 0 saturated heterocycles. The first kappa shape index (κ1) is 19.8. The number of carbonyl (C=O) groups is 1. The Labute approximate surface area is 153 Å². The summed E-state index contributed by atoms with van der Waals surface area (Å²) >= 11 is 0. The number of nitrogens with zero attached hydrogens (tertiary/aromatic N) is 2. The summed E-state index contributed by atoms with van der Waals surface area (Å²) < 4.78 is 27.0. The smallest absolute Gasteiger partial charge is 0.251 e. The monoisotopic (exact) mass is 377 g/mol. The third-order valence-corrected chi connectivity index (χ3v) is 5.26. The van der Waals surface area contributed by atoms with Crippen molar-refractivity contribution in [2.45, 2.75) is 31.2 Å². The van der Waals surface area contributed by atoms with E-state index in [1.54, 1.807) is 25.4 Å². The highest BCUT2D eigenvalue weighted by Gasteiger charge is 2.17. The Balaban J connectivity index is 1.86. The number of sulfonamides is 1. The third-order valence-electron chi connectivity index (χ3n) is 3.65. The number of nitrogens with one attached hydrogen (secondary N) is 3. The van der Waals surface area contributed by atoms with E-state index < -0.39 is 10.0 Å². The molecular weight excluding hydrogens is 354 g/mol. The van der Waals surface area contributed by atoms with Crippen molar-refractivity contribution in [1.82, 2.24) is 20.0 Å². The van der Waals surface area contributed by atoms with Gasteiger partial charge in [-0.1, -0.05) is 6.92 Å². The van der Waals surface area contributed by atoms with Gasteiger partial charge in [-0.15, -0.1) is 0 Å². The molecular formula is C17H23N5O3S. The molecule has 0 fully saturated rings. The first-order valence-electron chi connectivity index (χ1n) is 8.34. The minimum Gasteiger partial charge on any atom is -0.352 e. The second-order valence-corrected chi connectivity index (χ2v) is 7.42. The molecule has 0 aliphatic rings. The summed E-state index contributed by atoms with van der Waals surface area (Å²) in [6.07, 6.45) is 3.95. The summed E-state index contributed by atoms with van der Waals surface area (Å²) in [5, 5.41) is 5.73. The Kier molecular flexibility index (Phi) is 7.05. The first-order valence-corrected chi connectivity index (χ1v) is 9.82. The van der Waals surface area contributed by atoms with Crippen LogP contribution in [0, 0.1) is 0 Å². The van der Waals surface area contributed by atoms with Gasteiger partial charge in [-0.3, -0.25) is 4.79 Å². The number of aromatic nitrogens is 2. The molecule has 1 atom stereocenters. The Morgan fingerprint density at radius 2 is 1.77 bits per heavy atom. The Hall–Kier alpha value is -2.52. The van der Waals surface area contributed by atoms with E-state index in [-0.39, 0.29) is 16.8 Å².